The molecule has 1 aromatic heterocycles. The fourth-order valence-corrected chi connectivity index (χ4v) is 7.13. The third-order valence-corrected chi connectivity index (χ3v) is 8.75. The van der Waals surface area contributed by atoms with E-state index in [4.69, 9.17) is 0 Å². The Morgan fingerprint density at radius 3 is 3.03 bits per heavy atom. The molecule has 3 aliphatic rings. The van der Waals surface area contributed by atoms with Gasteiger partial charge in [-0.15, -0.1) is 15.7 Å². The number of nitrogens with zero attached hydrogens (tertiary/aromatic N) is 4. The van der Waals surface area contributed by atoms with E-state index in [9.17, 15) is 13.2 Å². The number of anilines is 2. The van der Waals surface area contributed by atoms with Gasteiger partial charge >= 0.3 is 0 Å². The summed E-state index contributed by atoms with van der Waals surface area (Å²) in [5, 5.41) is 5.94. The Kier molecular flexibility index (Phi) is 5.53. The summed E-state index contributed by atoms with van der Waals surface area (Å²) in [6.07, 6.45) is 2.51. The number of thiazole rings is 1. The normalized spacial score (nSPS) is 22.5. The number of thioether (sulfide) groups is 1. The molecule has 1 fully saturated rings. The first-order valence-electron chi connectivity index (χ1n) is 10.3. The van der Waals surface area contributed by atoms with E-state index in [0.29, 0.717) is 22.4 Å². The van der Waals surface area contributed by atoms with Crippen molar-refractivity contribution >= 4 is 55.0 Å². The van der Waals surface area contributed by atoms with E-state index in [-0.39, 0.29) is 11.7 Å². The molecule has 11 heteroatoms. The van der Waals surface area contributed by atoms with Crippen LogP contribution < -0.4 is 10.2 Å². The lowest BCUT2D eigenvalue weighted by atomic mass is 10.0. The minimum absolute atomic E-state index is 0.00145. The maximum Gasteiger partial charge on any atom is 0.257 e. The SMILES string of the molecule is CC1CCCN(Cc2csc(NC(=O)c3ccc4c(c3)SC3=NS(=O)(=O)CCN34)n2)C1. The van der Waals surface area contributed by atoms with Gasteiger partial charge in [0.2, 0.25) is 0 Å². The predicted octanol–water partition coefficient (Wildman–Crippen LogP) is 3.24. The maximum atomic E-state index is 12.8. The molecule has 0 radical (unpaired) electrons. The number of benzene rings is 1. The first-order chi connectivity index (χ1) is 14.9. The number of sulfonamides is 1. The highest BCUT2D eigenvalue weighted by atomic mass is 32.2. The van der Waals surface area contributed by atoms with Crippen molar-refractivity contribution in [2.24, 2.45) is 10.3 Å². The number of nitrogens with one attached hydrogen (secondary N) is 1. The molecule has 1 atom stereocenters. The van der Waals surface area contributed by atoms with Crippen LogP contribution in [0.1, 0.15) is 35.8 Å². The zero-order chi connectivity index (χ0) is 21.6. The molecular weight excluding hydrogens is 454 g/mol. The van der Waals surface area contributed by atoms with Crippen LogP contribution in [0.15, 0.2) is 32.9 Å². The monoisotopic (exact) mass is 477 g/mol. The molecule has 0 aliphatic carbocycles. The highest BCUT2D eigenvalue weighted by molar-refractivity contribution is 8.15. The van der Waals surface area contributed by atoms with Crippen molar-refractivity contribution in [1.82, 2.24) is 9.88 Å². The number of piperidine rings is 1. The Morgan fingerprint density at radius 1 is 1.32 bits per heavy atom. The summed E-state index contributed by atoms with van der Waals surface area (Å²) in [6, 6.07) is 5.39. The Morgan fingerprint density at radius 2 is 2.19 bits per heavy atom. The zero-order valence-electron chi connectivity index (χ0n) is 17.1. The minimum atomic E-state index is -3.40. The highest BCUT2D eigenvalue weighted by Crippen LogP contribution is 2.42. The molecule has 2 aromatic rings. The number of rotatable bonds is 4. The van der Waals surface area contributed by atoms with Crippen molar-refractivity contribution < 1.29 is 13.2 Å². The highest BCUT2D eigenvalue weighted by Gasteiger charge is 2.33. The van der Waals surface area contributed by atoms with E-state index in [1.165, 1.54) is 35.9 Å². The van der Waals surface area contributed by atoms with E-state index in [2.05, 4.69) is 26.5 Å². The Hall–Kier alpha value is -1.95. The third-order valence-electron chi connectivity index (χ3n) is 5.63. The average molecular weight is 478 g/mol. The summed E-state index contributed by atoms with van der Waals surface area (Å²) in [5.74, 6) is 0.493. The number of carbonyl (C=O) groups is 1. The van der Waals surface area contributed by atoms with Gasteiger partial charge in [0.05, 0.1) is 17.1 Å². The lowest BCUT2D eigenvalue weighted by Gasteiger charge is -2.30. The second-order valence-electron chi connectivity index (χ2n) is 8.18. The number of amidine groups is 1. The average Bonchev–Trinajstić information content (AvgIpc) is 3.29. The second-order valence-corrected chi connectivity index (χ2v) is 11.8. The lowest BCUT2D eigenvalue weighted by Crippen LogP contribution is -2.35. The molecule has 8 nitrogen and oxygen atoms in total. The molecule has 1 unspecified atom stereocenters. The predicted molar refractivity (Wildman–Crippen MR) is 125 cm³/mol. The number of likely N-dealkylation sites (tertiary alicyclic amines) is 1. The Labute approximate surface area is 189 Å². The molecule has 3 aliphatic heterocycles. The molecule has 4 heterocycles. The molecular formula is C20H23N5O3S3. The maximum absolute atomic E-state index is 12.8. The molecule has 0 spiro atoms. The first-order valence-corrected chi connectivity index (χ1v) is 13.6. The van der Waals surface area contributed by atoms with Gasteiger partial charge in [0.25, 0.3) is 15.9 Å². The van der Waals surface area contributed by atoms with Gasteiger partial charge in [0, 0.05) is 35.5 Å². The Balaban J connectivity index is 1.26. The fourth-order valence-electron chi connectivity index (χ4n) is 4.14. The summed E-state index contributed by atoms with van der Waals surface area (Å²) in [4.78, 5) is 22.5. The minimum Gasteiger partial charge on any atom is -0.318 e. The summed E-state index contributed by atoms with van der Waals surface area (Å²) in [7, 11) is -3.40. The van der Waals surface area contributed by atoms with Crippen LogP contribution in [0, 0.1) is 5.92 Å². The van der Waals surface area contributed by atoms with Crippen LogP contribution in [-0.2, 0) is 16.6 Å². The molecule has 5 rings (SSSR count). The van der Waals surface area contributed by atoms with Crippen molar-refractivity contribution in [1.29, 1.82) is 0 Å². The molecule has 1 N–H and O–H groups in total. The van der Waals surface area contributed by atoms with Crippen LogP contribution in [0.3, 0.4) is 0 Å². The topological polar surface area (TPSA) is 95.0 Å². The third kappa shape index (κ3) is 4.50. The smallest absolute Gasteiger partial charge is 0.257 e. The van der Waals surface area contributed by atoms with E-state index >= 15 is 0 Å². The van der Waals surface area contributed by atoms with Crippen molar-refractivity contribution in [2.45, 2.75) is 31.2 Å². The number of hydrogen-bond donors (Lipinski definition) is 1. The van der Waals surface area contributed by atoms with Crippen molar-refractivity contribution in [3.05, 3.63) is 34.8 Å². The van der Waals surface area contributed by atoms with E-state index < -0.39 is 10.0 Å². The molecule has 1 aromatic carbocycles. The number of hydrogen-bond acceptors (Lipinski definition) is 8. The molecule has 31 heavy (non-hydrogen) atoms. The van der Waals surface area contributed by atoms with Crippen molar-refractivity contribution in [3.63, 3.8) is 0 Å². The largest absolute Gasteiger partial charge is 0.318 e. The van der Waals surface area contributed by atoms with Gasteiger partial charge in [-0.25, -0.2) is 13.4 Å². The quantitative estimate of drug-likeness (QED) is 0.722. The summed E-state index contributed by atoms with van der Waals surface area (Å²) < 4.78 is 27.4. The zero-order valence-corrected chi connectivity index (χ0v) is 19.5. The van der Waals surface area contributed by atoms with Gasteiger partial charge in [-0.1, -0.05) is 6.92 Å². The van der Waals surface area contributed by atoms with Gasteiger partial charge in [0.15, 0.2) is 10.3 Å². The molecule has 1 saturated heterocycles. The summed E-state index contributed by atoms with van der Waals surface area (Å²) >= 11 is 2.72. The van der Waals surface area contributed by atoms with E-state index in [1.807, 2.05) is 16.3 Å². The van der Waals surface area contributed by atoms with E-state index in [0.717, 1.165) is 41.8 Å². The van der Waals surface area contributed by atoms with Gasteiger partial charge in [-0.2, -0.15) is 0 Å². The van der Waals surface area contributed by atoms with Gasteiger partial charge in [0.1, 0.15) is 0 Å². The molecule has 164 valence electrons. The number of aromatic nitrogens is 1. The number of fused-ring (bicyclic) bond motifs is 3. The summed E-state index contributed by atoms with van der Waals surface area (Å²) in [6.45, 7) is 5.66. The van der Waals surface area contributed by atoms with Crippen molar-refractivity contribution in [2.75, 3.05) is 35.6 Å². The van der Waals surface area contributed by atoms with Gasteiger partial charge < -0.3 is 4.90 Å². The fraction of sp³-hybridized carbons (Fsp3) is 0.450. The molecule has 1 amide bonds. The van der Waals surface area contributed by atoms with Crippen LogP contribution >= 0.6 is 23.1 Å². The van der Waals surface area contributed by atoms with Gasteiger partial charge in [-0.05, 0) is 55.3 Å². The Bertz CT molecular complexity index is 1160. The van der Waals surface area contributed by atoms with Crippen LogP contribution in [0.5, 0.6) is 0 Å². The molecule has 0 bridgehead atoms. The second kappa shape index (κ2) is 8.19. The van der Waals surface area contributed by atoms with Crippen molar-refractivity contribution in [3.8, 4) is 0 Å². The number of carbonyl (C=O) groups excluding carboxylic acids is 1. The van der Waals surface area contributed by atoms with Crippen LogP contribution in [0.25, 0.3) is 0 Å². The van der Waals surface area contributed by atoms with E-state index in [1.54, 1.807) is 12.1 Å². The van der Waals surface area contributed by atoms with Crippen LogP contribution in [0.4, 0.5) is 10.8 Å². The van der Waals surface area contributed by atoms with Crippen LogP contribution in [0.2, 0.25) is 0 Å². The first kappa shape index (κ1) is 20.9. The number of amides is 1. The van der Waals surface area contributed by atoms with Crippen LogP contribution in [-0.4, -0.2) is 54.8 Å². The lowest BCUT2D eigenvalue weighted by molar-refractivity contribution is 0.102. The molecule has 0 saturated carbocycles. The standard InChI is InChI=1S/C20H23N5O3S3/c1-13-3-2-6-24(10-13)11-15-12-29-19(21-15)22-18(26)14-4-5-16-17(9-14)30-20-23-31(27,28)8-7-25(16)20/h4-5,9,12-13H,2-3,6-8,10-11H2,1H3,(H,21,22,26). The summed E-state index contributed by atoms with van der Waals surface area (Å²) in [5.41, 5.74) is 2.38. The van der Waals surface area contributed by atoms with Gasteiger partial charge in [-0.3, -0.25) is 15.0 Å².